The van der Waals surface area contributed by atoms with Crippen molar-refractivity contribution < 1.29 is 33.7 Å². The number of carboxylic acids is 1. The lowest BCUT2D eigenvalue weighted by Gasteiger charge is -2.49. The zero-order chi connectivity index (χ0) is 29.9. The third-order valence-electron chi connectivity index (χ3n) is 5.81. The zero-order valence-electron chi connectivity index (χ0n) is 21.9. The number of carboxylic acid groups (broad SMARTS) is 1. The number of hydrogen-bond acceptors (Lipinski definition) is 15. The van der Waals surface area contributed by atoms with Crippen LogP contribution < -0.4 is 32.4 Å². The standard InChI is InChI=1S/C22H27N11O6S2/c1-22(2,8-34)39-30-12(16-29-21(25)41-31-16)17(35)28-13-18(36)33-14(20(37)38)10(7-40-19(13)33)5-32-6-11(26-4-3-23)15(24)27-9-32/h6,8-9,13,19,24,26H,3-5,7,23H2,1-2H3,(H4,25,28,29,31,35,37,38)/p+1/b30-12-. The molecule has 0 aliphatic carbocycles. The Kier molecular flexibility index (Phi) is 8.69. The minimum absolute atomic E-state index is 0.0594. The smallest absolute Gasteiger partial charge is 0.352 e. The Labute approximate surface area is 241 Å². The molecule has 218 valence electrons. The fourth-order valence-corrected chi connectivity index (χ4v) is 5.61. The van der Waals surface area contributed by atoms with Crippen LogP contribution >= 0.6 is 23.3 Å². The van der Waals surface area contributed by atoms with Crippen molar-refractivity contribution >= 4 is 69.7 Å². The van der Waals surface area contributed by atoms with E-state index in [0.717, 1.165) is 16.4 Å². The number of carbonyl (C=O) groups excluding carboxylic acids is 3. The van der Waals surface area contributed by atoms with E-state index < -0.39 is 40.5 Å². The number of hydrogen-bond donors (Lipinski definition) is 6. The molecule has 1 saturated heterocycles. The maximum atomic E-state index is 13.2. The van der Waals surface area contributed by atoms with E-state index in [1.165, 1.54) is 31.9 Å². The van der Waals surface area contributed by atoms with Crippen LogP contribution in [-0.2, 0) is 30.6 Å². The van der Waals surface area contributed by atoms with Crippen molar-refractivity contribution in [1.82, 2.24) is 24.6 Å². The van der Waals surface area contributed by atoms with Crippen LogP contribution in [0.4, 0.5) is 16.6 Å². The summed E-state index contributed by atoms with van der Waals surface area (Å²) in [7, 11) is 0. The van der Waals surface area contributed by atoms with Crippen LogP contribution in [0.2, 0.25) is 0 Å². The summed E-state index contributed by atoms with van der Waals surface area (Å²) < 4.78 is 5.61. The van der Waals surface area contributed by atoms with Gasteiger partial charge in [0.1, 0.15) is 35.5 Å². The summed E-state index contributed by atoms with van der Waals surface area (Å²) >= 11 is 2.09. The second-order valence-corrected chi connectivity index (χ2v) is 11.3. The van der Waals surface area contributed by atoms with Crippen molar-refractivity contribution in [1.29, 1.82) is 0 Å². The highest BCUT2D eigenvalue weighted by atomic mass is 32.2. The van der Waals surface area contributed by atoms with Crippen LogP contribution in [0.5, 0.6) is 0 Å². The average Bonchev–Trinajstić information content (AvgIpc) is 3.37. The van der Waals surface area contributed by atoms with Gasteiger partial charge in [0.15, 0.2) is 17.0 Å². The van der Waals surface area contributed by atoms with Crippen LogP contribution in [0.25, 0.3) is 0 Å². The molecular weight excluding hydrogens is 578 g/mol. The number of thioether (sulfide) groups is 1. The molecule has 2 aromatic heterocycles. The number of rotatable bonds is 12. The van der Waals surface area contributed by atoms with Gasteiger partial charge in [-0.1, -0.05) is 5.16 Å². The fourth-order valence-electron chi connectivity index (χ4n) is 3.84. The highest BCUT2D eigenvalue weighted by Gasteiger charge is 2.54. The van der Waals surface area contributed by atoms with Gasteiger partial charge in [-0.2, -0.15) is 9.36 Å². The molecule has 4 heterocycles. The lowest BCUT2D eigenvalue weighted by molar-refractivity contribution is -0.691. The third kappa shape index (κ3) is 6.36. The molecule has 2 aromatic rings. The first-order valence-corrected chi connectivity index (χ1v) is 13.9. The molecule has 2 unspecified atom stereocenters. The zero-order valence-corrected chi connectivity index (χ0v) is 23.6. The maximum Gasteiger partial charge on any atom is 0.352 e. The number of nitrogen functional groups attached to an aromatic ring is 2. The molecule has 0 bridgehead atoms. The number of carbonyl (C=O) groups is 4. The van der Waals surface area contributed by atoms with Crippen LogP contribution in [0.1, 0.15) is 19.7 Å². The van der Waals surface area contributed by atoms with Gasteiger partial charge in [0.25, 0.3) is 24.0 Å². The molecule has 9 N–H and O–H groups in total. The first-order chi connectivity index (χ1) is 19.5. The fraction of sp³-hybridized carbons (Fsp3) is 0.409. The van der Waals surface area contributed by atoms with Crippen molar-refractivity contribution in [3.05, 3.63) is 29.6 Å². The molecule has 41 heavy (non-hydrogen) atoms. The van der Waals surface area contributed by atoms with E-state index in [9.17, 15) is 24.3 Å². The molecule has 0 saturated carbocycles. The maximum absolute atomic E-state index is 13.2. The van der Waals surface area contributed by atoms with Gasteiger partial charge in [-0.3, -0.25) is 19.3 Å². The molecule has 2 amide bonds. The van der Waals surface area contributed by atoms with Gasteiger partial charge in [0, 0.05) is 35.9 Å². The van der Waals surface area contributed by atoms with Gasteiger partial charge in [-0.25, -0.2) is 9.36 Å². The van der Waals surface area contributed by atoms with E-state index in [2.05, 4.69) is 30.1 Å². The van der Waals surface area contributed by atoms with Crippen LogP contribution in [-0.4, -0.2) is 90.0 Å². The van der Waals surface area contributed by atoms with Crippen molar-refractivity contribution in [3.63, 3.8) is 0 Å². The number of oxime groups is 1. The van der Waals surface area contributed by atoms with E-state index in [-0.39, 0.29) is 34.8 Å². The normalized spacial score (nSPS) is 18.9. The lowest BCUT2D eigenvalue weighted by Crippen LogP contribution is -2.71. The minimum atomic E-state index is -1.35. The summed E-state index contributed by atoms with van der Waals surface area (Å²) in [6.07, 6.45) is 3.63. The van der Waals surface area contributed by atoms with Crippen molar-refractivity contribution in [2.45, 2.75) is 37.4 Å². The molecule has 0 spiro atoms. The number of amides is 2. The summed E-state index contributed by atoms with van der Waals surface area (Å²) in [5, 5.41) is 18.7. The third-order valence-corrected chi connectivity index (χ3v) is 7.69. The number of β-lactam (4-membered cyclic amide) rings is 1. The second kappa shape index (κ2) is 12.0. The Morgan fingerprint density at radius 2 is 2.15 bits per heavy atom. The minimum Gasteiger partial charge on any atom is -0.477 e. The Bertz CT molecular complexity index is 1440. The van der Waals surface area contributed by atoms with Crippen molar-refractivity contribution in [2.75, 3.05) is 35.6 Å². The predicted molar refractivity (Wildman–Crippen MR) is 148 cm³/mol. The van der Waals surface area contributed by atoms with Gasteiger partial charge in [0.05, 0.1) is 0 Å². The second-order valence-electron chi connectivity index (χ2n) is 9.39. The summed E-state index contributed by atoms with van der Waals surface area (Å²) in [6, 6.07) is -1.07. The van der Waals surface area contributed by atoms with E-state index in [0.29, 0.717) is 30.6 Å². The highest BCUT2D eigenvalue weighted by molar-refractivity contribution is 8.00. The molecular formula is C22H28N11O6S2+. The van der Waals surface area contributed by atoms with Crippen LogP contribution in [0.15, 0.2) is 29.0 Å². The van der Waals surface area contributed by atoms with E-state index in [4.69, 9.17) is 22.0 Å². The Balaban J connectivity index is 1.54. The number of nitrogens with one attached hydrogen (secondary N) is 2. The summed E-state index contributed by atoms with van der Waals surface area (Å²) in [4.78, 5) is 64.2. The summed E-state index contributed by atoms with van der Waals surface area (Å²) in [6.45, 7) is 3.83. The Hall–Kier alpha value is -4.36. The topological polar surface area (TPSA) is 258 Å². The number of nitrogens with zero attached hydrogens (tertiary/aromatic N) is 6. The highest BCUT2D eigenvalue weighted by Crippen LogP contribution is 2.40. The number of anilines is 3. The molecule has 1 fully saturated rings. The van der Waals surface area contributed by atoms with Gasteiger partial charge >= 0.3 is 5.97 Å². The van der Waals surface area contributed by atoms with E-state index in [1.54, 1.807) is 10.8 Å². The molecule has 17 nitrogen and oxygen atoms in total. The number of fused-ring (bicyclic) bond motifs is 1. The van der Waals surface area contributed by atoms with Gasteiger partial charge in [-0.05, 0) is 18.8 Å². The first-order valence-electron chi connectivity index (χ1n) is 12.1. The molecule has 0 aromatic carbocycles. The summed E-state index contributed by atoms with van der Waals surface area (Å²) in [5.41, 5.74) is 16.1. The lowest BCUT2D eigenvalue weighted by atomic mass is 10.0. The van der Waals surface area contributed by atoms with Crippen molar-refractivity contribution in [3.8, 4) is 0 Å². The van der Waals surface area contributed by atoms with Gasteiger partial charge < -0.3 is 37.8 Å². The molecule has 19 heteroatoms. The number of aromatic nitrogens is 4. The molecule has 2 aliphatic rings. The van der Waals surface area contributed by atoms with Crippen LogP contribution in [0.3, 0.4) is 0 Å². The largest absolute Gasteiger partial charge is 0.477 e. The summed E-state index contributed by atoms with van der Waals surface area (Å²) in [5.74, 6) is -2.42. The molecule has 2 atom stereocenters. The van der Waals surface area contributed by atoms with Gasteiger partial charge in [0.2, 0.25) is 11.5 Å². The van der Waals surface area contributed by atoms with Gasteiger partial charge in [-0.15, -0.1) is 11.8 Å². The molecule has 2 aliphatic heterocycles. The Morgan fingerprint density at radius 3 is 2.78 bits per heavy atom. The average molecular weight is 607 g/mol. The SMILES string of the molecule is CC(C)(C=O)O/N=C(\C(=O)NC1C(=O)N2C(C(=O)O)=C(C[n+]3cnc(N)c(NCCN)c3)CSC12)c1nsc(N)n1. The van der Waals surface area contributed by atoms with E-state index >= 15 is 0 Å². The predicted octanol–water partition coefficient (Wildman–Crippen LogP) is -2.11. The quantitative estimate of drug-likeness (QED) is 0.0497. The Morgan fingerprint density at radius 1 is 1.39 bits per heavy atom. The number of nitrogens with two attached hydrogens (primary N) is 3. The van der Waals surface area contributed by atoms with Crippen molar-refractivity contribution in [2.24, 2.45) is 10.9 Å². The first kappa shape index (κ1) is 29.6. The van der Waals surface area contributed by atoms with E-state index in [1.807, 2.05) is 0 Å². The van der Waals surface area contributed by atoms with Crippen LogP contribution in [0, 0.1) is 0 Å². The molecule has 0 radical (unpaired) electrons. The number of aliphatic carboxylic acids is 1. The molecule has 4 rings (SSSR count). The number of aldehydes is 1. The monoisotopic (exact) mass is 606 g/mol.